The Morgan fingerprint density at radius 1 is 0.786 bits per heavy atom. The summed E-state index contributed by atoms with van der Waals surface area (Å²) >= 11 is 18.6. The molecule has 0 heterocycles. The van der Waals surface area contributed by atoms with E-state index in [4.69, 9.17) is 34.8 Å². The van der Waals surface area contributed by atoms with E-state index in [-0.39, 0.29) is 28.6 Å². The number of hydrogen-bond acceptors (Lipinski definition) is 4. The Balaban J connectivity index is 1.79. The molecule has 0 bridgehead atoms. The molecule has 0 aromatic heterocycles. The third-order valence-corrected chi connectivity index (χ3v) is 9.32. The van der Waals surface area contributed by atoms with Crippen molar-refractivity contribution in [1.29, 1.82) is 0 Å². The van der Waals surface area contributed by atoms with Crippen LogP contribution in [0.4, 0.5) is 5.69 Å². The SMILES string of the molecule is CNC(=O)[C@H](Cc1ccccc1)N(Cc1ccc(Cl)c(Cl)c1)C(=O)CN(c1cccc(Cl)c1)S(=O)(=O)c1ccccc1. The molecule has 7 nitrogen and oxygen atoms in total. The van der Waals surface area contributed by atoms with Crippen LogP contribution in [0.15, 0.2) is 108 Å². The van der Waals surface area contributed by atoms with Crippen LogP contribution in [0.25, 0.3) is 0 Å². The highest BCUT2D eigenvalue weighted by atomic mass is 35.5. The summed E-state index contributed by atoms with van der Waals surface area (Å²) in [6, 6.07) is 27.2. The van der Waals surface area contributed by atoms with Gasteiger partial charge in [-0.3, -0.25) is 13.9 Å². The lowest BCUT2D eigenvalue weighted by Gasteiger charge is -2.33. The number of likely N-dealkylation sites (N-methyl/N-ethyl adjacent to an activating group) is 1. The molecule has 11 heteroatoms. The molecule has 0 aliphatic heterocycles. The normalized spacial score (nSPS) is 11.9. The zero-order valence-corrected chi connectivity index (χ0v) is 25.7. The average Bonchev–Trinajstić information content (AvgIpc) is 2.99. The summed E-state index contributed by atoms with van der Waals surface area (Å²) in [5.41, 5.74) is 1.63. The summed E-state index contributed by atoms with van der Waals surface area (Å²) in [4.78, 5) is 28.9. The standard InChI is InChI=1S/C31H28Cl3N3O4S/c1-35-31(39)29(18-22-9-4-2-5-10-22)36(20-23-15-16-27(33)28(34)17-23)30(38)21-37(25-12-8-11-24(32)19-25)42(40,41)26-13-6-3-7-14-26/h2-17,19,29H,18,20-21H2,1H3,(H,35,39)/t29-/m0/s1. The van der Waals surface area contributed by atoms with Gasteiger partial charge in [-0.05, 0) is 53.6 Å². The number of anilines is 1. The second-order valence-corrected chi connectivity index (χ2v) is 12.5. The van der Waals surface area contributed by atoms with E-state index < -0.39 is 34.4 Å². The van der Waals surface area contributed by atoms with E-state index in [2.05, 4.69) is 5.32 Å². The molecule has 4 rings (SSSR count). The molecule has 0 radical (unpaired) electrons. The minimum absolute atomic E-state index is 0.000875. The smallest absolute Gasteiger partial charge is 0.264 e. The predicted octanol–water partition coefficient (Wildman–Crippen LogP) is 6.23. The largest absolute Gasteiger partial charge is 0.357 e. The van der Waals surface area contributed by atoms with Gasteiger partial charge in [0.15, 0.2) is 0 Å². The second-order valence-electron chi connectivity index (χ2n) is 9.39. The van der Waals surface area contributed by atoms with Crippen LogP contribution in [-0.2, 0) is 32.6 Å². The van der Waals surface area contributed by atoms with Gasteiger partial charge in [0.2, 0.25) is 11.8 Å². The first-order valence-electron chi connectivity index (χ1n) is 12.9. The molecular weight excluding hydrogens is 617 g/mol. The highest BCUT2D eigenvalue weighted by molar-refractivity contribution is 7.92. The Bertz CT molecular complexity index is 1650. The molecule has 1 atom stereocenters. The van der Waals surface area contributed by atoms with Crippen molar-refractivity contribution in [2.75, 3.05) is 17.9 Å². The molecule has 0 saturated heterocycles. The number of rotatable bonds is 11. The van der Waals surface area contributed by atoms with E-state index in [1.54, 1.807) is 54.6 Å². The Morgan fingerprint density at radius 3 is 2.07 bits per heavy atom. The summed E-state index contributed by atoms with van der Waals surface area (Å²) in [6.07, 6.45) is 0.191. The third kappa shape index (κ3) is 7.63. The Morgan fingerprint density at radius 2 is 1.45 bits per heavy atom. The van der Waals surface area contributed by atoms with E-state index >= 15 is 0 Å². The predicted molar refractivity (Wildman–Crippen MR) is 167 cm³/mol. The molecule has 4 aromatic carbocycles. The fourth-order valence-electron chi connectivity index (χ4n) is 4.43. The number of nitrogens with zero attached hydrogens (tertiary/aromatic N) is 2. The number of nitrogens with one attached hydrogen (secondary N) is 1. The summed E-state index contributed by atoms with van der Waals surface area (Å²) in [6.45, 7) is -0.628. The van der Waals surface area contributed by atoms with E-state index in [0.717, 1.165) is 9.87 Å². The maximum Gasteiger partial charge on any atom is 0.264 e. The number of benzene rings is 4. The Hall–Kier alpha value is -3.56. The summed E-state index contributed by atoms with van der Waals surface area (Å²) in [5, 5.41) is 3.57. The van der Waals surface area contributed by atoms with Crippen LogP contribution in [0.1, 0.15) is 11.1 Å². The lowest BCUT2D eigenvalue weighted by Crippen LogP contribution is -2.53. The number of hydrogen-bond donors (Lipinski definition) is 1. The molecular formula is C31H28Cl3N3O4S. The number of halogens is 3. The topological polar surface area (TPSA) is 86.8 Å². The number of carbonyl (C=O) groups is 2. The van der Waals surface area contributed by atoms with Crippen molar-refractivity contribution in [3.05, 3.63) is 129 Å². The van der Waals surface area contributed by atoms with Crippen molar-refractivity contribution >= 4 is 62.3 Å². The summed E-state index contributed by atoms with van der Waals surface area (Å²) < 4.78 is 28.8. The van der Waals surface area contributed by atoms with Crippen LogP contribution in [-0.4, -0.2) is 44.8 Å². The number of carbonyl (C=O) groups excluding carboxylic acids is 2. The van der Waals surface area contributed by atoms with Gasteiger partial charge in [-0.1, -0.05) is 95.5 Å². The van der Waals surface area contributed by atoms with Crippen LogP contribution in [0.5, 0.6) is 0 Å². The zero-order chi connectivity index (χ0) is 30.3. The van der Waals surface area contributed by atoms with E-state index in [9.17, 15) is 18.0 Å². The van der Waals surface area contributed by atoms with Gasteiger partial charge in [-0.2, -0.15) is 0 Å². The first-order valence-corrected chi connectivity index (χ1v) is 15.5. The van der Waals surface area contributed by atoms with Gasteiger partial charge in [0, 0.05) is 25.0 Å². The fraction of sp³-hybridized carbons (Fsp3) is 0.161. The summed E-state index contributed by atoms with van der Waals surface area (Å²) in [5.74, 6) is -1.02. The molecule has 1 N–H and O–H groups in total. The molecule has 0 aliphatic rings. The molecule has 0 spiro atoms. The second kappa shape index (κ2) is 14.1. The van der Waals surface area contributed by atoms with Gasteiger partial charge in [-0.25, -0.2) is 8.42 Å². The van der Waals surface area contributed by atoms with Crippen LogP contribution in [0, 0.1) is 0 Å². The van der Waals surface area contributed by atoms with Gasteiger partial charge in [0.1, 0.15) is 12.6 Å². The van der Waals surface area contributed by atoms with Gasteiger partial charge < -0.3 is 10.2 Å². The first-order chi connectivity index (χ1) is 20.1. The van der Waals surface area contributed by atoms with E-state index in [0.29, 0.717) is 15.6 Å². The van der Waals surface area contributed by atoms with Crippen molar-refractivity contribution < 1.29 is 18.0 Å². The number of amides is 2. The molecule has 0 saturated carbocycles. The van der Waals surface area contributed by atoms with E-state index in [1.165, 1.54) is 30.1 Å². The van der Waals surface area contributed by atoms with Gasteiger partial charge in [-0.15, -0.1) is 0 Å². The summed E-state index contributed by atoms with van der Waals surface area (Å²) in [7, 11) is -2.72. The van der Waals surface area contributed by atoms with Gasteiger partial charge in [0.25, 0.3) is 10.0 Å². The lowest BCUT2D eigenvalue weighted by atomic mass is 10.0. The minimum Gasteiger partial charge on any atom is -0.357 e. The van der Waals surface area contributed by atoms with Gasteiger partial charge in [0.05, 0.1) is 20.6 Å². The van der Waals surface area contributed by atoms with Crippen LogP contribution >= 0.6 is 34.8 Å². The lowest BCUT2D eigenvalue weighted by molar-refractivity contribution is -0.139. The molecule has 2 amide bonds. The maximum atomic E-state index is 14.2. The molecule has 42 heavy (non-hydrogen) atoms. The average molecular weight is 645 g/mol. The van der Waals surface area contributed by atoms with Crippen molar-refractivity contribution in [2.45, 2.75) is 23.9 Å². The molecule has 218 valence electrons. The van der Waals surface area contributed by atoms with Crippen molar-refractivity contribution in [3.63, 3.8) is 0 Å². The maximum absolute atomic E-state index is 14.2. The van der Waals surface area contributed by atoms with Crippen LogP contribution in [0.2, 0.25) is 15.1 Å². The molecule has 0 unspecified atom stereocenters. The monoisotopic (exact) mass is 643 g/mol. The van der Waals surface area contributed by atoms with E-state index in [1.807, 2.05) is 30.3 Å². The van der Waals surface area contributed by atoms with Crippen molar-refractivity contribution in [1.82, 2.24) is 10.2 Å². The molecule has 4 aromatic rings. The highest BCUT2D eigenvalue weighted by Crippen LogP contribution is 2.28. The van der Waals surface area contributed by atoms with Crippen molar-refractivity contribution in [3.8, 4) is 0 Å². The Labute approximate surface area is 260 Å². The minimum atomic E-state index is -4.21. The van der Waals surface area contributed by atoms with Gasteiger partial charge >= 0.3 is 0 Å². The van der Waals surface area contributed by atoms with Crippen LogP contribution in [0.3, 0.4) is 0 Å². The van der Waals surface area contributed by atoms with Crippen LogP contribution < -0.4 is 9.62 Å². The number of sulfonamides is 1. The Kier molecular flexibility index (Phi) is 10.5. The first kappa shape index (κ1) is 31.4. The fourth-order valence-corrected chi connectivity index (χ4v) is 6.37. The molecule has 0 fully saturated rings. The zero-order valence-electron chi connectivity index (χ0n) is 22.6. The quantitative estimate of drug-likeness (QED) is 0.210. The van der Waals surface area contributed by atoms with Crippen molar-refractivity contribution in [2.24, 2.45) is 0 Å². The third-order valence-electron chi connectivity index (χ3n) is 6.56. The molecule has 0 aliphatic carbocycles. The highest BCUT2D eigenvalue weighted by Gasteiger charge is 2.34.